The van der Waals surface area contributed by atoms with Gasteiger partial charge in [0.25, 0.3) is 5.91 Å². The number of carbonyl (C=O) groups excluding carboxylic acids is 1. The summed E-state index contributed by atoms with van der Waals surface area (Å²) in [5, 5.41) is 2.54. The van der Waals surface area contributed by atoms with Crippen molar-refractivity contribution in [1.82, 2.24) is 5.32 Å². The van der Waals surface area contributed by atoms with E-state index < -0.39 is 17.6 Å². The average Bonchev–Trinajstić information content (AvgIpc) is 2.15. The van der Waals surface area contributed by atoms with Crippen molar-refractivity contribution in [3.8, 4) is 0 Å². The number of amides is 1. The molecular weight excluding hydrogens is 299 g/mol. The van der Waals surface area contributed by atoms with Gasteiger partial charge in [-0.05, 0) is 48.0 Å². The van der Waals surface area contributed by atoms with Crippen LogP contribution in [0.15, 0.2) is 22.7 Å². The van der Waals surface area contributed by atoms with Crippen LogP contribution in [0.4, 0.5) is 13.2 Å². The topological polar surface area (TPSA) is 29.1 Å². The zero-order valence-electron chi connectivity index (χ0n) is 9.23. The van der Waals surface area contributed by atoms with Crippen LogP contribution in [0.2, 0.25) is 0 Å². The molecule has 0 bridgehead atoms. The van der Waals surface area contributed by atoms with E-state index in [4.69, 9.17) is 0 Å². The summed E-state index contributed by atoms with van der Waals surface area (Å²) in [5.74, 6) is -0.530. The number of halogens is 4. The zero-order chi connectivity index (χ0) is 13.2. The molecule has 0 atom stereocenters. The summed E-state index contributed by atoms with van der Waals surface area (Å²) in [5.41, 5.74) is -0.858. The molecule has 1 amide bonds. The summed E-state index contributed by atoms with van der Waals surface area (Å²) in [4.78, 5) is 11.6. The van der Waals surface area contributed by atoms with Gasteiger partial charge in [-0.15, -0.1) is 0 Å². The van der Waals surface area contributed by atoms with Crippen molar-refractivity contribution >= 4 is 21.8 Å². The lowest BCUT2D eigenvalue weighted by atomic mass is 10.1. The number of carbonyl (C=O) groups is 1. The van der Waals surface area contributed by atoms with Crippen LogP contribution >= 0.6 is 15.9 Å². The lowest BCUT2D eigenvalue weighted by molar-refractivity contribution is -0.137. The van der Waals surface area contributed by atoms with Gasteiger partial charge in [0.2, 0.25) is 0 Å². The van der Waals surface area contributed by atoms with E-state index in [1.807, 2.05) is 0 Å². The molecule has 0 aliphatic rings. The lowest BCUT2D eigenvalue weighted by Gasteiger charge is -2.12. The fourth-order valence-electron chi connectivity index (χ4n) is 1.22. The number of hydrogen-bond donors (Lipinski definition) is 1. The molecule has 0 saturated carbocycles. The second-order valence-electron chi connectivity index (χ2n) is 3.82. The van der Waals surface area contributed by atoms with Crippen LogP contribution in [0, 0.1) is 0 Å². The predicted octanol–water partition coefficient (Wildman–Crippen LogP) is 3.61. The first-order chi connectivity index (χ1) is 7.71. The van der Waals surface area contributed by atoms with Crippen molar-refractivity contribution in [2.45, 2.75) is 26.1 Å². The van der Waals surface area contributed by atoms with Crippen LogP contribution in [-0.4, -0.2) is 11.9 Å². The van der Waals surface area contributed by atoms with Gasteiger partial charge in [0.15, 0.2) is 0 Å². The van der Waals surface area contributed by atoms with Crippen molar-refractivity contribution in [3.63, 3.8) is 0 Å². The zero-order valence-corrected chi connectivity index (χ0v) is 10.8. The van der Waals surface area contributed by atoms with E-state index in [-0.39, 0.29) is 11.6 Å². The first kappa shape index (κ1) is 14.0. The van der Waals surface area contributed by atoms with E-state index in [0.717, 1.165) is 12.1 Å². The van der Waals surface area contributed by atoms with Gasteiger partial charge in [0, 0.05) is 10.5 Å². The maximum absolute atomic E-state index is 12.5. The van der Waals surface area contributed by atoms with Crippen molar-refractivity contribution in [3.05, 3.63) is 33.8 Å². The monoisotopic (exact) mass is 309 g/mol. The third-order valence-corrected chi connectivity index (χ3v) is 2.65. The maximum Gasteiger partial charge on any atom is 0.416 e. The Bertz CT molecular complexity index is 429. The van der Waals surface area contributed by atoms with Gasteiger partial charge in [-0.25, -0.2) is 0 Å². The molecule has 0 aliphatic heterocycles. The SMILES string of the molecule is CC(C)NC(=O)c1cc(C(F)(F)F)ccc1Br. The fraction of sp³-hybridized carbons (Fsp3) is 0.364. The molecule has 0 radical (unpaired) electrons. The first-order valence-electron chi connectivity index (χ1n) is 4.89. The number of alkyl halides is 3. The Kier molecular flexibility index (Phi) is 4.19. The van der Waals surface area contributed by atoms with E-state index in [1.165, 1.54) is 6.07 Å². The Labute approximate surface area is 105 Å². The Hall–Kier alpha value is -1.04. The quantitative estimate of drug-likeness (QED) is 0.888. The third-order valence-electron chi connectivity index (χ3n) is 1.96. The minimum atomic E-state index is -4.45. The van der Waals surface area contributed by atoms with Crippen LogP contribution < -0.4 is 5.32 Å². The highest BCUT2D eigenvalue weighted by atomic mass is 79.9. The Morgan fingerprint density at radius 2 is 1.94 bits per heavy atom. The Morgan fingerprint density at radius 3 is 2.41 bits per heavy atom. The fourth-order valence-corrected chi connectivity index (χ4v) is 1.64. The molecule has 0 aromatic heterocycles. The molecule has 0 spiro atoms. The molecule has 17 heavy (non-hydrogen) atoms. The molecule has 0 aliphatic carbocycles. The predicted molar refractivity (Wildman–Crippen MR) is 61.7 cm³/mol. The van der Waals surface area contributed by atoms with Crippen LogP contribution in [0.1, 0.15) is 29.8 Å². The molecule has 1 aromatic rings. The van der Waals surface area contributed by atoms with Gasteiger partial charge < -0.3 is 5.32 Å². The van der Waals surface area contributed by atoms with E-state index in [1.54, 1.807) is 13.8 Å². The van der Waals surface area contributed by atoms with Crippen molar-refractivity contribution < 1.29 is 18.0 Å². The molecule has 1 rings (SSSR count). The minimum Gasteiger partial charge on any atom is -0.350 e. The number of hydrogen-bond acceptors (Lipinski definition) is 1. The van der Waals surface area contributed by atoms with Crippen molar-refractivity contribution in [2.75, 3.05) is 0 Å². The van der Waals surface area contributed by atoms with Crippen molar-refractivity contribution in [2.24, 2.45) is 0 Å². The number of nitrogens with one attached hydrogen (secondary N) is 1. The van der Waals surface area contributed by atoms with Crippen molar-refractivity contribution in [1.29, 1.82) is 0 Å². The second kappa shape index (κ2) is 5.08. The number of benzene rings is 1. The smallest absolute Gasteiger partial charge is 0.350 e. The summed E-state index contributed by atoms with van der Waals surface area (Å²) >= 11 is 3.06. The van der Waals surface area contributed by atoms with Gasteiger partial charge >= 0.3 is 6.18 Å². The molecule has 0 fully saturated rings. The Balaban J connectivity index is 3.11. The highest BCUT2D eigenvalue weighted by molar-refractivity contribution is 9.10. The molecule has 1 N–H and O–H groups in total. The molecule has 1 aromatic carbocycles. The lowest BCUT2D eigenvalue weighted by Crippen LogP contribution is -2.30. The van der Waals surface area contributed by atoms with Gasteiger partial charge in [0.05, 0.1) is 11.1 Å². The summed E-state index contributed by atoms with van der Waals surface area (Å²) in [7, 11) is 0. The van der Waals surface area contributed by atoms with Crippen LogP contribution in [0.5, 0.6) is 0 Å². The van der Waals surface area contributed by atoms with Crippen LogP contribution in [0.3, 0.4) is 0 Å². The molecule has 6 heteroatoms. The summed E-state index contributed by atoms with van der Waals surface area (Å²) in [6.07, 6.45) is -4.45. The van der Waals surface area contributed by atoms with E-state index in [2.05, 4.69) is 21.2 Å². The van der Waals surface area contributed by atoms with Gasteiger partial charge in [0.1, 0.15) is 0 Å². The molecular formula is C11H11BrF3NO. The summed E-state index contributed by atoms with van der Waals surface area (Å²) in [6, 6.07) is 2.85. The van der Waals surface area contributed by atoms with E-state index >= 15 is 0 Å². The third kappa shape index (κ3) is 3.73. The summed E-state index contributed by atoms with van der Waals surface area (Å²) in [6.45, 7) is 3.47. The number of rotatable bonds is 2. The highest BCUT2D eigenvalue weighted by Gasteiger charge is 2.31. The summed E-state index contributed by atoms with van der Waals surface area (Å²) < 4.78 is 37.8. The van der Waals surface area contributed by atoms with Crippen LogP contribution in [0.25, 0.3) is 0 Å². The normalized spacial score (nSPS) is 11.7. The van der Waals surface area contributed by atoms with Crippen LogP contribution in [-0.2, 0) is 6.18 Å². The second-order valence-corrected chi connectivity index (χ2v) is 4.67. The highest BCUT2D eigenvalue weighted by Crippen LogP contribution is 2.31. The maximum atomic E-state index is 12.5. The largest absolute Gasteiger partial charge is 0.416 e. The van der Waals surface area contributed by atoms with E-state index in [0.29, 0.717) is 4.47 Å². The first-order valence-corrected chi connectivity index (χ1v) is 5.68. The van der Waals surface area contributed by atoms with Gasteiger partial charge in [-0.3, -0.25) is 4.79 Å². The molecule has 2 nitrogen and oxygen atoms in total. The Morgan fingerprint density at radius 1 is 1.35 bits per heavy atom. The standard InChI is InChI=1S/C11H11BrF3NO/c1-6(2)16-10(17)8-5-7(11(13,14)15)3-4-9(8)12/h3-6H,1-2H3,(H,16,17). The molecule has 0 unspecified atom stereocenters. The van der Waals surface area contributed by atoms with E-state index in [9.17, 15) is 18.0 Å². The average molecular weight is 310 g/mol. The molecule has 0 heterocycles. The molecule has 94 valence electrons. The minimum absolute atomic E-state index is 0.0199. The van der Waals surface area contributed by atoms with Gasteiger partial charge in [-0.1, -0.05) is 0 Å². The molecule has 0 saturated heterocycles. The van der Waals surface area contributed by atoms with Gasteiger partial charge in [-0.2, -0.15) is 13.2 Å².